The summed E-state index contributed by atoms with van der Waals surface area (Å²) in [4.78, 5) is 7.40. The van der Waals surface area contributed by atoms with Crippen LogP contribution < -0.4 is 5.73 Å². The molecule has 1 aliphatic heterocycles. The van der Waals surface area contributed by atoms with Crippen LogP contribution in [-0.4, -0.2) is 47.0 Å². The van der Waals surface area contributed by atoms with Gasteiger partial charge in [0, 0.05) is 13.1 Å². The standard InChI is InChI=1S/C10H16N4O3S/c1-7(15)8-2-3-14(6-8)18(16,17)9-4-12-10(11)13-5-9/h4-5,7-8,15H,2-3,6H2,1H3,(H2,11,12,13). The highest BCUT2D eigenvalue weighted by molar-refractivity contribution is 7.89. The van der Waals surface area contributed by atoms with E-state index in [9.17, 15) is 13.5 Å². The van der Waals surface area contributed by atoms with E-state index in [-0.39, 0.29) is 16.8 Å². The summed E-state index contributed by atoms with van der Waals surface area (Å²) >= 11 is 0. The van der Waals surface area contributed by atoms with Crippen molar-refractivity contribution in [1.29, 1.82) is 0 Å². The highest BCUT2D eigenvalue weighted by atomic mass is 32.2. The molecule has 100 valence electrons. The molecular formula is C10H16N4O3S. The van der Waals surface area contributed by atoms with E-state index in [4.69, 9.17) is 5.73 Å². The fraction of sp³-hybridized carbons (Fsp3) is 0.600. The fourth-order valence-electron chi connectivity index (χ4n) is 1.97. The Morgan fingerprint density at radius 1 is 1.50 bits per heavy atom. The molecule has 18 heavy (non-hydrogen) atoms. The first-order chi connectivity index (χ1) is 8.41. The van der Waals surface area contributed by atoms with Gasteiger partial charge in [-0.1, -0.05) is 0 Å². The average molecular weight is 272 g/mol. The number of anilines is 1. The molecule has 3 N–H and O–H groups in total. The monoisotopic (exact) mass is 272 g/mol. The lowest BCUT2D eigenvalue weighted by Crippen LogP contribution is -2.30. The average Bonchev–Trinajstić information content (AvgIpc) is 2.79. The maximum absolute atomic E-state index is 12.2. The summed E-state index contributed by atoms with van der Waals surface area (Å²) in [5, 5.41) is 9.48. The molecule has 0 bridgehead atoms. The summed E-state index contributed by atoms with van der Waals surface area (Å²) in [6, 6.07) is 0. The SMILES string of the molecule is CC(O)C1CCN(S(=O)(=O)c2cnc(N)nc2)C1. The Morgan fingerprint density at radius 3 is 2.61 bits per heavy atom. The van der Waals surface area contributed by atoms with E-state index in [1.807, 2.05) is 0 Å². The third kappa shape index (κ3) is 2.45. The molecule has 2 heterocycles. The third-order valence-corrected chi connectivity index (χ3v) is 4.97. The smallest absolute Gasteiger partial charge is 0.246 e. The highest BCUT2D eigenvalue weighted by Crippen LogP contribution is 2.25. The van der Waals surface area contributed by atoms with Crippen molar-refractivity contribution in [3.8, 4) is 0 Å². The van der Waals surface area contributed by atoms with Crippen molar-refractivity contribution in [3.05, 3.63) is 12.4 Å². The van der Waals surface area contributed by atoms with E-state index in [0.717, 1.165) is 0 Å². The first-order valence-electron chi connectivity index (χ1n) is 5.67. The molecule has 0 amide bonds. The van der Waals surface area contributed by atoms with Crippen molar-refractivity contribution in [1.82, 2.24) is 14.3 Å². The largest absolute Gasteiger partial charge is 0.393 e. The van der Waals surface area contributed by atoms with Crippen LogP contribution in [0.15, 0.2) is 17.3 Å². The number of rotatable bonds is 3. The molecule has 0 saturated carbocycles. The normalized spacial score (nSPS) is 23.1. The van der Waals surface area contributed by atoms with Gasteiger partial charge >= 0.3 is 0 Å². The van der Waals surface area contributed by atoms with E-state index >= 15 is 0 Å². The lowest BCUT2D eigenvalue weighted by molar-refractivity contribution is 0.133. The number of aliphatic hydroxyl groups excluding tert-OH is 1. The predicted molar refractivity (Wildman–Crippen MR) is 65.0 cm³/mol. The van der Waals surface area contributed by atoms with Gasteiger partial charge in [0.05, 0.1) is 18.5 Å². The molecule has 1 fully saturated rings. The summed E-state index contributed by atoms with van der Waals surface area (Å²) in [6.45, 7) is 2.40. The third-order valence-electron chi connectivity index (χ3n) is 3.16. The van der Waals surface area contributed by atoms with Crippen LogP contribution in [0.25, 0.3) is 0 Å². The fourth-order valence-corrected chi connectivity index (χ4v) is 3.38. The predicted octanol–water partition coefficient (Wildman–Crippen LogP) is -0.550. The van der Waals surface area contributed by atoms with Crippen LogP contribution in [0, 0.1) is 5.92 Å². The molecule has 0 aliphatic carbocycles. The van der Waals surface area contributed by atoms with E-state index in [2.05, 4.69) is 9.97 Å². The van der Waals surface area contributed by atoms with Crippen molar-refractivity contribution in [2.45, 2.75) is 24.3 Å². The zero-order chi connectivity index (χ0) is 13.3. The Kier molecular flexibility index (Phi) is 3.51. The molecule has 0 aromatic carbocycles. The minimum absolute atomic E-state index is 0.0190. The molecule has 8 heteroatoms. The van der Waals surface area contributed by atoms with Crippen molar-refractivity contribution in [3.63, 3.8) is 0 Å². The second-order valence-corrected chi connectivity index (χ2v) is 6.37. The van der Waals surface area contributed by atoms with E-state index in [0.29, 0.717) is 19.5 Å². The van der Waals surface area contributed by atoms with Crippen LogP contribution in [0.5, 0.6) is 0 Å². The molecule has 1 aromatic rings. The number of sulfonamides is 1. The van der Waals surface area contributed by atoms with Gasteiger partial charge in [-0.25, -0.2) is 18.4 Å². The van der Waals surface area contributed by atoms with Gasteiger partial charge < -0.3 is 10.8 Å². The van der Waals surface area contributed by atoms with Gasteiger partial charge in [0.2, 0.25) is 16.0 Å². The van der Waals surface area contributed by atoms with Crippen molar-refractivity contribution >= 4 is 16.0 Å². The molecule has 2 unspecified atom stereocenters. The lowest BCUT2D eigenvalue weighted by atomic mass is 10.0. The number of hydrogen-bond donors (Lipinski definition) is 2. The minimum atomic E-state index is -3.58. The molecule has 1 aliphatic rings. The molecule has 1 aromatic heterocycles. The number of nitrogen functional groups attached to an aromatic ring is 1. The van der Waals surface area contributed by atoms with Gasteiger partial charge in [-0.3, -0.25) is 0 Å². The number of aromatic nitrogens is 2. The van der Waals surface area contributed by atoms with Crippen molar-refractivity contribution < 1.29 is 13.5 Å². The van der Waals surface area contributed by atoms with Gasteiger partial charge in [0.15, 0.2) is 0 Å². The lowest BCUT2D eigenvalue weighted by Gasteiger charge is -2.17. The molecule has 1 saturated heterocycles. The summed E-state index contributed by atoms with van der Waals surface area (Å²) in [6.07, 6.45) is 2.56. The Morgan fingerprint density at radius 2 is 2.11 bits per heavy atom. The van der Waals surface area contributed by atoms with Crippen LogP contribution in [0.3, 0.4) is 0 Å². The van der Waals surface area contributed by atoms with Gasteiger partial charge in [0.25, 0.3) is 0 Å². The van der Waals surface area contributed by atoms with E-state index in [1.54, 1.807) is 6.92 Å². The minimum Gasteiger partial charge on any atom is -0.393 e. The number of nitrogens with two attached hydrogens (primary N) is 1. The van der Waals surface area contributed by atoms with Crippen LogP contribution in [0.1, 0.15) is 13.3 Å². The number of nitrogens with zero attached hydrogens (tertiary/aromatic N) is 3. The van der Waals surface area contributed by atoms with E-state index in [1.165, 1.54) is 16.7 Å². The number of hydrogen-bond acceptors (Lipinski definition) is 6. The topological polar surface area (TPSA) is 109 Å². The van der Waals surface area contributed by atoms with Crippen LogP contribution in [0.4, 0.5) is 5.95 Å². The highest BCUT2D eigenvalue weighted by Gasteiger charge is 2.34. The van der Waals surface area contributed by atoms with Gasteiger partial charge in [0.1, 0.15) is 4.90 Å². The summed E-state index contributed by atoms with van der Waals surface area (Å²) in [5.41, 5.74) is 5.32. The maximum atomic E-state index is 12.2. The van der Waals surface area contributed by atoms with Crippen molar-refractivity contribution in [2.24, 2.45) is 5.92 Å². The van der Waals surface area contributed by atoms with Crippen LogP contribution in [-0.2, 0) is 10.0 Å². The quantitative estimate of drug-likeness (QED) is 0.764. The second kappa shape index (κ2) is 4.79. The van der Waals surface area contributed by atoms with Crippen LogP contribution in [0.2, 0.25) is 0 Å². The van der Waals surface area contributed by atoms with Crippen LogP contribution >= 0.6 is 0 Å². The van der Waals surface area contributed by atoms with E-state index < -0.39 is 16.1 Å². The Balaban J connectivity index is 2.20. The molecule has 0 spiro atoms. The maximum Gasteiger partial charge on any atom is 0.246 e. The number of aliphatic hydroxyl groups is 1. The second-order valence-electron chi connectivity index (χ2n) is 4.43. The summed E-state index contributed by atoms with van der Waals surface area (Å²) in [5.74, 6) is 0.0201. The van der Waals surface area contributed by atoms with Gasteiger partial charge in [-0.2, -0.15) is 4.31 Å². The van der Waals surface area contributed by atoms with Crippen molar-refractivity contribution in [2.75, 3.05) is 18.8 Å². The molecular weight excluding hydrogens is 256 g/mol. The zero-order valence-corrected chi connectivity index (χ0v) is 10.8. The Hall–Kier alpha value is -1.25. The molecule has 2 atom stereocenters. The molecule has 2 rings (SSSR count). The Labute approximate surface area is 106 Å². The first-order valence-corrected chi connectivity index (χ1v) is 7.11. The molecule has 7 nitrogen and oxygen atoms in total. The summed E-state index contributed by atoms with van der Waals surface area (Å²) < 4.78 is 25.8. The van der Waals surface area contributed by atoms with Gasteiger partial charge in [-0.05, 0) is 19.3 Å². The van der Waals surface area contributed by atoms with Gasteiger partial charge in [-0.15, -0.1) is 0 Å². The zero-order valence-electron chi connectivity index (χ0n) is 10.0. The Bertz CT molecular complexity index is 514. The summed E-state index contributed by atoms with van der Waals surface area (Å²) in [7, 11) is -3.58. The first kappa shape index (κ1) is 13.2. The molecule has 0 radical (unpaired) electrons.